The van der Waals surface area contributed by atoms with E-state index in [0.717, 1.165) is 51.4 Å². The lowest BCUT2D eigenvalue weighted by atomic mass is 9.63. The van der Waals surface area contributed by atoms with Crippen molar-refractivity contribution in [2.75, 3.05) is 52.9 Å². The van der Waals surface area contributed by atoms with Crippen LogP contribution in [0.25, 0.3) is 0 Å². The molecule has 0 aromatic rings. The smallest absolute Gasteiger partial charge is 0.165 e. The van der Waals surface area contributed by atoms with Crippen LogP contribution in [-0.4, -0.2) is 88.2 Å². The van der Waals surface area contributed by atoms with E-state index in [9.17, 15) is 0 Å². The Morgan fingerprint density at radius 1 is 0.340 bits per heavy atom. The molecule has 4 fully saturated rings. The molecule has 4 rings (SSSR count). The van der Waals surface area contributed by atoms with Gasteiger partial charge in [-0.15, -0.1) is 0 Å². The zero-order valence-corrected chi connectivity index (χ0v) is 32.1. The molecule has 276 valence electrons. The van der Waals surface area contributed by atoms with Gasteiger partial charge in [0.15, 0.2) is 23.1 Å². The Hall–Kier alpha value is -0.360. The minimum atomic E-state index is -0.622. The van der Waals surface area contributed by atoms with Crippen molar-refractivity contribution in [3.63, 3.8) is 0 Å². The first-order valence-electron chi connectivity index (χ1n) is 18.9. The first-order valence-corrected chi connectivity index (χ1v) is 18.9. The van der Waals surface area contributed by atoms with Crippen LogP contribution >= 0.6 is 0 Å². The Morgan fingerprint density at radius 3 is 0.638 bits per heavy atom. The first-order chi connectivity index (χ1) is 22.1. The quantitative estimate of drug-likeness (QED) is 0.182. The van der Waals surface area contributed by atoms with Crippen LogP contribution in [0.5, 0.6) is 0 Å². The van der Waals surface area contributed by atoms with Gasteiger partial charge in [0.25, 0.3) is 0 Å². The predicted octanol–water partition coefficient (Wildman–Crippen LogP) is 8.02. The third kappa shape index (κ3) is 7.50. The molecule has 4 saturated heterocycles. The van der Waals surface area contributed by atoms with Gasteiger partial charge >= 0.3 is 0 Å². The highest BCUT2D eigenvalue weighted by Gasteiger charge is 2.63. The van der Waals surface area contributed by atoms with Gasteiger partial charge in [-0.1, -0.05) is 55.4 Å². The normalized spacial score (nSPS) is 46.2. The fourth-order valence-corrected chi connectivity index (χ4v) is 7.70. The van der Waals surface area contributed by atoms with Crippen LogP contribution in [0, 0.1) is 21.7 Å². The highest BCUT2D eigenvalue weighted by molar-refractivity contribution is 5.07. The van der Waals surface area contributed by atoms with Crippen LogP contribution in [0.4, 0.5) is 0 Å². The van der Waals surface area contributed by atoms with E-state index in [1.54, 1.807) is 0 Å². The number of hydrogen-bond donors (Lipinski definition) is 0. The van der Waals surface area contributed by atoms with Gasteiger partial charge in [-0.3, -0.25) is 0 Å². The van der Waals surface area contributed by atoms with E-state index < -0.39 is 44.8 Å². The van der Waals surface area contributed by atoms with E-state index in [1.807, 2.05) is 27.7 Å². The minimum absolute atomic E-state index is 0.316. The lowest BCUT2D eigenvalue weighted by molar-refractivity contribution is -0.384. The van der Waals surface area contributed by atoms with Crippen LogP contribution in [0.2, 0.25) is 0 Å². The lowest BCUT2D eigenvalue weighted by Crippen LogP contribution is -2.68. The van der Waals surface area contributed by atoms with Gasteiger partial charge in [0, 0.05) is 21.7 Å². The highest BCUT2D eigenvalue weighted by atomic mass is 16.7. The number of ether oxygens (including phenoxy) is 9. The maximum atomic E-state index is 7.95. The van der Waals surface area contributed by atoms with E-state index in [1.165, 1.54) is 0 Å². The summed E-state index contributed by atoms with van der Waals surface area (Å²) >= 11 is 0. The lowest BCUT2D eigenvalue weighted by Gasteiger charge is -2.61. The summed E-state index contributed by atoms with van der Waals surface area (Å²) < 4.78 is 60.9. The Morgan fingerprint density at radius 2 is 0.511 bits per heavy atom. The first kappa shape index (κ1) is 39.4. The molecule has 4 aliphatic heterocycles. The largest absolute Gasteiger partial charge is 0.372 e. The topological polar surface area (TPSA) is 83.1 Å². The minimum Gasteiger partial charge on any atom is -0.372 e. The van der Waals surface area contributed by atoms with E-state index in [2.05, 4.69) is 55.4 Å². The molecule has 47 heavy (non-hydrogen) atoms. The molecule has 0 atom stereocenters. The van der Waals surface area contributed by atoms with Crippen LogP contribution in [0.1, 0.15) is 134 Å². The average Bonchev–Trinajstić information content (AvgIpc) is 3.11. The van der Waals surface area contributed by atoms with Crippen molar-refractivity contribution in [3.05, 3.63) is 0 Å². The zero-order valence-electron chi connectivity index (χ0n) is 32.1. The Kier molecular flexibility index (Phi) is 12.3. The van der Waals surface area contributed by atoms with E-state index >= 15 is 0 Å². The van der Waals surface area contributed by atoms with Gasteiger partial charge in [-0.05, 0) is 79.1 Å². The molecule has 0 radical (unpaired) electrons. The second-order valence-corrected chi connectivity index (χ2v) is 16.0. The molecule has 4 aliphatic rings. The summed E-state index contributed by atoms with van der Waals surface area (Å²) in [6.45, 7) is 29.8. The van der Waals surface area contributed by atoms with Crippen LogP contribution in [-0.2, 0) is 42.6 Å². The van der Waals surface area contributed by atoms with Crippen LogP contribution in [0.15, 0.2) is 0 Å². The van der Waals surface area contributed by atoms with Crippen LogP contribution < -0.4 is 0 Å². The molecule has 0 unspecified atom stereocenters. The van der Waals surface area contributed by atoms with Crippen molar-refractivity contribution in [1.82, 2.24) is 0 Å². The molecule has 9 heteroatoms. The summed E-state index contributed by atoms with van der Waals surface area (Å²) in [6.07, 6.45) is 5.72. The standard InChI is InChI=1S/C38H70O9/c1-13-31(9)39-21-35(17-5,22-40-31)29(36(18-6)23-41-32(10,14-2)42-24-36)47-30(37(19-7)25-43-33(11,15-3)44-26-37)38(20-8)27-45-34(12,16-4)46-28-38/h29-30H,13-28H2,1-12H3. The van der Waals surface area contributed by atoms with Crippen molar-refractivity contribution < 1.29 is 42.6 Å². The number of hydrogen-bond acceptors (Lipinski definition) is 9. The molecule has 9 nitrogen and oxygen atoms in total. The molecule has 0 bridgehead atoms. The average molecular weight is 671 g/mol. The molecule has 0 aliphatic carbocycles. The summed E-state index contributed by atoms with van der Waals surface area (Å²) in [5, 5.41) is 0. The zero-order chi connectivity index (χ0) is 34.8. The van der Waals surface area contributed by atoms with E-state index in [4.69, 9.17) is 42.6 Å². The van der Waals surface area contributed by atoms with Gasteiger partial charge in [-0.25, -0.2) is 0 Å². The maximum Gasteiger partial charge on any atom is 0.165 e. The molecule has 0 aromatic heterocycles. The summed E-state index contributed by atoms with van der Waals surface area (Å²) in [7, 11) is 0. The third-order valence-corrected chi connectivity index (χ3v) is 13.2. The van der Waals surface area contributed by atoms with Crippen molar-refractivity contribution >= 4 is 0 Å². The number of rotatable bonds is 14. The molecule has 0 N–H and O–H groups in total. The van der Waals surface area contributed by atoms with Gasteiger partial charge in [-0.2, -0.15) is 0 Å². The monoisotopic (exact) mass is 671 g/mol. The molecular formula is C38H70O9. The highest BCUT2D eigenvalue weighted by Crippen LogP contribution is 2.55. The molecular weight excluding hydrogens is 600 g/mol. The summed E-state index contributed by atoms with van der Waals surface area (Å²) in [4.78, 5) is 0. The second-order valence-electron chi connectivity index (χ2n) is 16.0. The SMILES string of the molecule is CCC1(C)OCC(CC)(C(OC(C2(CC)COC(C)(CC)OC2)C2(CC)COC(C)(CC)OC2)C2(CC)COC(C)(CC)OC2)CO1. The van der Waals surface area contributed by atoms with Crippen molar-refractivity contribution in [2.24, 2.45) is 21.7 Å². The van der Waals surface area contributed by atoms with Gasteiger partial charge in [0.05, 0.1) is 65.1 Å². The summed E-state index contributed by atoms with van der Waals surface area (Å²) in [6, 6.07) is 0. The van der Waals surface area contributed by atoms with Crippen LogP contribution in [0.3, 0.4) is 0 Å². The Labute approximate surface area is 286 Å². The molecule has 0 aromatic carbocycles. The Bertz CT molecular complexity index is 827. The van der Waals surface area contributed by atoms with E-state index in [-0.39, 0.29) is 12.2 Å². The van der Waals surface area contributed by atoms with Crippen molar-refractivity contribution in [1.29, 1.82) is 0 Å². The second kappa shape index (κ2) is 14.7. The molecule has 4 heterocycles. The van der Waals surface area contributed by atoms with Crippen molar-refractivity contribution in [3.8, 4) is 0 Å². The fraction of sp³-hybridized carbons (Fsp3) is 1.00. The maximum absolute atomic E-state index is 7.95. The third-order valence-electron chi connectivity index (χ3n) is 13.2. The summed E-state index contributed by atoms with van der Waals surface area (Å²) in [5.41, 5.74) is -1.77. The summed E-state index contributed by atoms with van der Waals surface area (Å²) in [5.74, 6) is -2.49. The van der Waals surface area contributed by atoms with Crippen molar-refractivity contribution in [2.45, 2.75) is 170 Å². The molecule has 0 amide bonds. The molecule has 0 spiro atoms. The van der Waals surface area contributed by atoms with Gasteiger partial charge < -0.3 is 42.6 Å². The molecule has 0 saturated carbocycles. The fourth-order valence-electron chi connectivity index (χ4n) is 7.70. The predicted molar refractivity (Wildman–Crippen MR) is 182 cm³/mol. The van der Waals surface area contributed by atoms with Gasteiger partial charge in [0.2, 0.25) is 0 Å². The Balaban J connectivity index is 1.86. The van der Waals surface area contributed by atoms with E-state index in [0.29, 0.717) is 52.9 Å². The van der Waals surface area contributed by atoms with Gasteiger partial charge in [0.1, 0.15) is 0 Å².